The van der Waals surface area contributed by atoms with E-state index in [9.17, 15) is 9.90 Å². The van der Waals surface area contributed by atoms with E-state index in [1.165, 1.54) is 0 Å². The highest BCUT2D eigenvalue weighted by atomic mass is 16.5. The van der Waals surface area contributed by atoms with Crippen LogP contribution in [0.5, 0.6) is 5.75 Å². The summed E-state index contributed by atoms with van der Waals surface area (Å²) in [5.41, 5.74) is 7.89. The van der Waals surface area contributed by atoms with E-state index in [0.29, 0.717) is 29.6 Å². The number of nitrogens with two attached hydrogens (primary N) is 1. The Labute approximate surface area is 160 Å². The molecule has 2 aromatic rings. The van der Waals surface area contributed by atoms with Crippen LogP contribution in [0.2, 0.25) is 0 Å². The highest BCUT2D eigenvalue weighted by molar-refractivity contribution is 5.90. The Morgan fingerprint density at radius 2 is 1.93 bits per heavy atom. The lowest BCUT2D eigenvalue weighted by Crippen LogP contribution is -2.34. The Morgan fingerprint density at radius 3 is 2.59 bits per heavy atom. The van der Waals surface area contributed by atoms with E-state index in [1.54, 1.807) is 18.2 Å². The van der Waals surface area contributed by atoms with E-state index < -0.39 is 12.1 Å². The summed E-state index contributed by atoms with van der Waals surface area (Å²) in [7, 11) is 0. The van der Waals surface area contributed by atoms with Gasteiger partial charge in [-0.05, 0) is 36.5 Å². The molecule has 0 unspecified atom stereocenters. The second kappa shape index (κ2) is 10.4. The lowest BCUT2D eigenvalue weighted by molar-refractivity contribution is 0.225. The predicted octanol–water partition coefficient (Wildman–Crippen LogP) is 3.94. The van der Waals surface area contributed by atoms with Crippen LogP contribution in [0.15, 0.2) is 48.5 Å². The van der Waals surface area contributed by atoms with Gasteiger partial charge in [-0.15, -0.1) is 0 Å². The first-order chi connectivity index (χ1) is 13.0. The van der Waals surface area contributed by atoms with E-state index in [2.05, 4.69) is 24.5 Å². The van der Waals surface area contributed by atoms with Crippen molar-refractivity contribution >= 4 is 17.4 Å². The molecule has 0 bridgehead atoms. The molecule has 2 rings (SSSR count). The summed E-state index contributed by atoms with van der Waals surface area (Å²) in [6.07, 6.45) is 2.03. The summed E-state index contributed by atoms with van der Waals surface area (Å²) in [5, 5.41) is 15.1. The molecule has 2 amide bonds. The third kappa shape index (κ3) is 6.83. The topological polar surface area (TPSA) is 96.6 Å². The van der Waals surface area contributed by atoms with Gasteiger partial charge in [0.2, 0.25) is 0 Å². The first-order valence-corrected chi connectivity index (χ1v) is 9.25. The average Bonchev–Trinajstić information content (AvgIpc) is 2.66. The summed E-state index contributed by atoms with van der Waals surface area (Å²) in [4.78, 5) is 12.3. The van der Waals surface area contributed by atoms with Crippen molar-refractivity contribution in [2.24, 2.45) is 5.92 Å². The van der Waals surface area contributed by atoms with Crippen LogP contribution in [0.4, 0.5) is 16.2 Å². The van der Waals surface area contributed by atoms with Crippen LogP contribution in [0.25, 0.3) is 0 Å². The number of nitrogens with one attached hydrogen (secondary N) is 2. The number of rotatable bonds is 9. The van der Waals surface area contributed by atoms with E-state index in [0.717, 1.165) is 18.4 Å². The minimum absolute atomic E-state index is 0.191. The second-order valence-electron chi connectivity index (χ2n) is 6.88. The zero-order valence-electron chi connectivity index (χ0n) is 15.9. The fraction of sp³-hybridized carbons (Fsp3) is 0.381. The van der Waals surface area contributed by atoms with Crippen molar-refractivity contribution in [3.05, 3.63) is 54.1 Å². The minimum atomic E-state index is -0.480. The van der Waals surface area contributed by atoms with E-state index >= 15 is 0 Å². The van der Waals surface area contributed by atoms with Gasteiger partial charge in [-0.3, -0.25) is 0 Å². The van der Waals surface area contributed by atoms with Crippen LogP contribution in [0, 0.1) is 5.92 Å². The molecule has 1 atom stereocenters. The monoisotopic (exact) mass is 371 g/mol. The van der Waals surface area contributed by atoms with Crippen molar-refractivity contribution < 1.29 is 14.6 Å². The highest BCUT2D eigenvalue weighted by Crippen LogP contribution is 2.26. The molecule has 5 N–H and O–H groups in total. The maximum Gasteiger partial charge on any atom is 0.319 e. The number of hydrogen-bond acceptors (Lipinski definition) is 4. The van der Waals surface area contributed by atoms with Crippen LogP contribution >= 0.6 is 0 Å². The Balaban J connectivity index is 1.93. The van der Waals surface area contributed by atoms with Gasteiger partial charge in [0.05, 0.1) is 24.9 Å². The van der Waals surface area contributed by atoms with E-state index in [1.807, 2.05) is 30.3 Å². The number of carbonyl (C=O) groups excluding carboxylic acids is 1. The summed E-state index contributed by atoms with van der Waals surface area (Å²) < 4.78 is 5.74. The van der Waals surface area contributed by atoms with Crippen molar-refractivity contribution in [1.29, 1.82) is 0 Å². The Bertz CT molecular complexity index is 720. The summed E-state index contributed by atoms with van der Waals surface area (Å²) in [5.74, 6) is 1.19. The molecule has 0 aliphatic rings. The number of ether oxygens (including phenoxy) is 1. The fourth-order valence-electron chi connectivity index (χ4n) is 2.66. The van der Waals surface area contributed by atoms with Gasteiger partial charge in [-0.1, -0.05) is 44.2 Å². The van der Waals surface area contributed by atoms with Crippen molar-refractivity contribution in [2.45, 2.75) is 32.7 Å². The molecule has 0 aliphatic heterocycles. The molecule has 0 aliphatic carbocycles. The van der Waals surface area contributed by atoms with Gasteiger partial charge in [-0.2, -0.15) is 0 Å². The van der Waals surface area contributed by atoms with Gasteiger partial charge in [0.25, 0.3) is 0 Å². The summed E-state index contributed by atoms with van der Waals surface area (Å²) in [6.45, 7) is 4.74. The molecule has 27 heavy (non-hydrogen) atoms. The van der Waals surface area contributed by atoms with Crippen molar-refractivity contribution in [2.75, 3.05) is 24.3 Å². The molecular formula is C21H29N3O3. The second-order valence-corrected chi connectivity index (χ2v) is 6.88. The van der Waals surface area contributed by atoms with Crippen LogP contribution in [-0.2, 0) is 0 Å². The molecule has 0 spiro atoms. The summed E-state index contributed by atoms with van der Waals surface area (Å²) >= 11 is 0. The van der Waals surface area contributed by atoms with Gasteiger partial charge in [-0.25, -0.2) is 4.79 Å². The standard InChI is InChI=1S/C21H29N3O3/c1-15(2)7-6-12-27-20-13-17(10-11-18(20)22)23-21(26)24-19(14-25)16-8-4-3-5-9-16/h3-5,8-11,13,15,19,25H,6-7,12,14,22H2,1-2H3,(H2,23,24,26)/t19-/m0/s1. The number of hydrogen-bond donors (Lipinski definition) is 4. The fourth-order valence-corrected chi connectivity index (χ4v) is 2.66. The first-order valence-electron chi connectivity index (χ1n) is 9.25. The molecule has 6 heteroatoms. The third-order valence-corrected chi connectivity index (χ3v) is 4.14. The molecular weight excluding hydrogens is 342 g/mol. The van der Waals surface area contributed by atoms with Gasteiger partial charge in [0.1, 0.15) is 5.75 Å². The molecule has 2 aromatic carbocycles. The molecule has 0 saturated heterocycles. The largest absolute Gasteiger partial charge is 0.491 e. The zero-order chi connectivity index (χ0) is 19.6. The van der Waals surface area contributed by atoms with Gasteiger partial charge in [0, 0.05) is 11.8 Å². The maximum atomic E-state index is 12.3. The molecule has 0 radical (unpaired) electrons. The number of amides is 2. The first kappa shape index (κ1) is 20.6. The zero-order valence-corrected chi connectivity index (χ0v) is 15.9. The SMILES string of the molecule is CC(C)CCCOc1cc(NC(=O)N[C@@H](CO)c2ccccc2)ccc1N. The lowest BCUT2D eigenvalue weighted by atomic mass is 10.1. The summed E-state index contributed by atoms with van der Waals surface area (Å²) in [6, 6.07) is 13.6. The molecule has 0 aromatic heterocycles. The number of nitrogen functional groups attached to an aromatic ring is 1. The van der Waals surface area contributed by atoms with Crippen molar-refractivity contribution in [3.63, 3.8) is 0 Å². The van der Waals surface area contributed by atoms with Crippen LogP contribution in [0.3, 0.4) is 0 Å². The van der Waals surface area contributed by atoms with Crippen molar-refractivity contribution in [1.82, 2.24) is 5.32 Å². The molecule has 146 valence electrons. The van der Waals surface area contributed by atoms with Gasteiger partial charge >= 0.3 is 6.03 Å². The van der Waals surface area contributed by atoms with Gasteiger partial charge < -0.3 is 26.2 Å². The van der Waals surface area contributed by atoms with Gasteiger partial charge in [0.15, 0.2) is 0 Å². The third-order valence-electron chi connectivity index (χ3n) is 4.14. The number of anilines is 2. The molecule has 0 heterocycles. The average molecular weight is 371 g/mol. The number of aliphatic hydroxyl groups is 1. The minimum Gasteiger partial charge on any atom is -0.491 e. The van der Waals surface area contributed by atoms with Crippen molar-refractivity contribution in [3.8, 4) is 5.75 Å². The molecule has 0 fully saturated rings. The number of aliphatic hydroxyl groups excluding tert-OH is 1. The Kier molecular flexibility index (Phi) is 7.95. The lowest BCUT2D eigenvalue weighted by Gasteiger charge is -2.18. The molecule has 6 nitrogen and oxygen atoms in total. The van der Waals surface area contributed by atoms with Crippen LogP contribution in [-0.4, -0.2) is 24.4 Å². The number of urea groups is 1. The number of benzene rings is 2. The Hall–Kier alpha value is -2.73. The predicted molar refractivity (Wildman–Crippen MR) is 109 cm³/mol. The Morgan fingerprint density at radius 1 is 1.19 bits per heavy atom. The molecule has 0 saturated carbocycles. The van der Waals surface area contributed by atoms with Crippen LogP contribution < -0.4 is 21.1 Å². The van der Waals surface area contributed by atoms with E-state index in [4.69, 9.17) is 10.5 Å². The maximum absolute atomic E-state index is 12.3. The van der Waals surface area contributed by atoms with E-state index in [-0.39, 0.29) is 6.61 Å². The quantitative estimate of drug-likeness (QED) is 0.396. The normalized spacial score (nSPS) is 11.9. The highest BCUT2D eigenvalue weighted by Gasteiger charge is 2.14. The number of carbonyl (C=O) groups is 1. The smallest absolute Gasteiger partial charge is 0.319 e. The van der Waals surface area contributed by atoms with Crippen LogP contribution in [0.1, 0.15) is 38.3 Å².